The van der Waals surface area contributed by atoms with Crippen molar-refractivity contribution in [2.24, 2.45) is 11.8 Å². The van der Waals surface area contributed by atoms with Crippen LogP contribution in [-0.2, 0) is 11.2 Å². The van der Waals surface area contributed by atoms with Gasteiger partial charge in [-0.3, -0.25) is 14.6 Å². The molecule has 1 fully saturated rings. The molecule has 0 spiro atoms. The summed E-state index contributed by atoms with van der Waals surface area (Å²) in [6.07, 6.45) is 2.81. The molecule has 0 bridgehead atoms. The van der Waals surface area contributed by atoms with Crippen LogP contribution in [0.15, 0.2) is 78.9 Å². The molecule has 1 aliphatic rings. The summed E-state index contributed by atoms with van der Waals surface area (Å²) < 4.78 is 27.5. The second kappa shape index (κ2) is 15.4. The van der Waals surface area contributed by atoms with Crippen molar-refractivity contribution in [1.82, 2.24) is 14.7 Å². The summed E-state index contributed by atoms with van der Waals surface area (Å²) in [6.45, 7) is 13.4. The van der Waals surface area contributed by atoms with Gasteiger partial charge in [0, 0.05) is 26.2 Å². The van der Waals surface area contributed by atoms with Crippen molar-refractivity contribution < 1.29 is 13.6 Å². The van der Waals surface area contributed by atoms with Crippen LogP contribution < -0.4 is 0 Å². The van der Waals surface area contributed by atoms with E-state index in [0.29, 0.717) is 44.4 Å². The van der Waals surface area contributed by atoms with Gasteiger partial charge in [0.1, 0.15) is 11.6 Å². The molecule has 4 rings (SSSR count). The molecule has 42 heavy (non-hydrogen) atoms. The Morgan fingerprint density at radius 2 is 1.19 bits per heavy atom. The molecule has 0 radical (unpaired) electrons. The molecule has 1 heterocycles. The lowest BCUT2D eigenvalue weighted by Gasteiger charge is -2.42. The van der Waals surface area contributed by atoms with Crippen LogP contribution >= 0.6 is 0 Å². The molecule has 0 saturated carbocycles. The minimum absolute atomic E-state index is 0.142. The third kappa shape index (κ3) is 8.95. The maximum atomic E-state index is 14.3. The normalized spacial score (nSPS) is 15.2. The largest absolute Gasteiger partial charge is 0.339 e. The molecule has 3 aromatic rings. The number of halogens is 2. The number of carbonyl (C=O) groups excluding carboxylic acids is 1. The lowest BCUT2D eigenvalue weighted by Crippen LogP contribution is -2.56. The van der Waals surface area contributed by atoms with E-state index in [9.17, 15) is 13.6 Å². The summed E-state index contributed by atoms with van der Waals surface area (Å²) in [7, 11) is 0. The standard InChI is InChI=1S/C36H47F2N3O/c1-27(2)18-20-39(21-19-28(3)4)34(26-29-8-6-5-7-9-29)36(42)41-24-22-40(23-25-41)35(30-10-14-32(37)15-11-30)31-12-16-33(38)17-13-31/h5-17,27-28,34-35H,18-26H2,1-4H3/t34-/m0/s1. The molecular weight excluding hydrogens is 528 g/mol. The number of nitrogens with zero attached hydrogens (tertiary/aromatic N) is 3. The number of benzene rings is 3. The van der Waals surface area contributed by atoms with Gasteiger partial charge in [0.05, 0.1) is 12.1 Å². The van der Waals surface area contributed by atoms with E-state index in [-0.39, 0.29) is 29.6 Å². The molecule has 6 heteroatoms. The zero-order valence-electron chi connectivity index (χ0n) is 25.7. The van der Waals surface area contributed by atoms with E-state index in [2.05, 4.69) is 49.6 Å². The molecule has 3 aromatic carbocycles. The highest BCUT2D eigenvalue weighted by molar-refractivity contribution is 5.82. The summed E-state index contributed by atoms with van der Waals surface area (Å²) in [5, 5.41) is 0. The Morgan fingerprint density at radius 3 is 1.64 bits per heavy atom. The Bertz CT molecular complexity index is 1170. The predicted octanol–water partition coefficient (Wildman–Crippen LogP) is 7.20. The summed E-state index contributed by atoms with van der Waals surface area (Å²) in [4.78, 5) is 21.1. The molecule has 1 saturated heterocycles. The van der Waals surface area contributed by atoms with Gasteiger partial charge < -0.3 is 4.90 Å². The third-order valence-corrected chi connectivity index (χ3v) is 8.35. The number of amides is 1. The molecule has 226 valence electrons. The van der Waals surface area contributed by atoms with Crippen molar-refractivity contribution in [2.75, 3.05) is 39.3 Å². The molecule has 1 aliphatic heterocycles. The van der Waals surface area contributed by atoms with Crippen LogP contribution in [0, 0.1) is 23.5 Å². The van der Waals surface area contributed by atoms with Crippen molar-refractivity contribution in [2.45, 2.75) is 59.0 Å². The SMILES string of the molecule is CC(C)CCN(CCC(C)C)[C@@H](Cc1ccccc1)C(=O)N1CCN(C(c2ccc(F)cc2)c2ccc(F)cc2)CC1. The molecule has 0 N–H and O–H groups in total. The van der Waals surface area contributed by atoms with E-state index in [1.54, 1.807) is 24.3 Å². The predicted molar refractivity (Wildman–Crippen MR) is 167 cm³/mol. The van der Waals surface area contributed by atoms with Crippen LogP contribution in [0.3, 0.4) is 0 Å². The highest BCUT2D eigenvalue weighted by Crippen LogP contribution is 2.30. The number of hydrogen-bond acceptors (Lipinski definition) is 3. The lowest BCUT2D eigenvalue weighted by molar-refractivity contribution is -0.139. The lowest BCUT2D eigenvalue weighted by atomic mass is 9.96. The minimum atomic E-state index is -0.282. The Labute approximate surface area is 251 Å². The van der Waals surface area contributed by atoms with Gasteiger partial charge in [-0.1, -0.05) is 82.3 Å². The second-order valence-corrected chi connectivity index (χ2v) is 12.5. The monoisotopic (exact) mass is 575 g/mol. The van der Waals surface area contributed by atoms with Crippen molar-refractivity contribution in [3.05, 3.63) is 107 Å². The van der Waals surface area contributed by atoms with Gasteiger partial charge in [0.15, 0.2) is 0 Å². The molecule has 1 atom stereocenters. The highest BCUT2D eigenvalue weighted by Gasteiger charge is 2.34. The summed E-state index contributed by atoms with van der Waals surface area (Å²) in [5.74, 6) is 0.771. The fourth-order valence-corrected chi connectivity index (χ4v) is 5.80. The van der Waals surface area contributed by atoms with E-state index in [1.807, 2.05) is 23.1 Å². The minimum Gasteiger partial charge on any atom is -0.339 e. The van der Waals surface area contributed by atoms with Gasteiger partial charge >= 0.3 is 0 Å². The molecule has 4 nitrogen and oxygen atoms in total. The average molecular weight is 576 g/mol. The second-order valence-electron chi connectivity index (χ2n) is 12.5. The number of hydrogen-bond donors (Lipinski definition) is 0. The van der Waals surface area contributed by atoms with Crippen molar-refractivity contribution >= 4 is 5.91 Å². The molecule has 0 unspecified atom stereocenters. The first kappa shape index (κ1) is 31.8. The average Bonchev–Trinajstić information content (AvgIpc) is 2.98. The topological polar surface area (TPSA) is 26.8 Å². The molecule has 1 amide bonds. The van der Waals surface area contributed by atoms with Crippen LogP contribution in [-0.4, -0.2) is 65.9 Å². The zero-order chi connectivity index (χ0) is 30.1. The van der Waals surface area contributed by atoms with E-state index in [4.69, 9.17) is 0 Å². The number of rotatable bonds is 13. The van der Waals surface area contributed by atoms with Gasteiger partial charge in [0.2, 0.25) is 5.91 Å². The molecule has 0 aliphatic carbocycles. The van der Waals surface area contributed by atoms with Crippen LogP contribution in [0.5, 0.6) is 0 Å². The van der Waals surface area contributed by atoms with Gasteiger partial charge in [-0.2, -0.15) is 0 Å². The van der Waals surface area contributed by atoms with Crippen LogP contribution in [0.25, 0.3) is 0 Å². The van der Waals surface area contributed by atoms with Gasteiger partial charge in [0.25, 0.3) is 0 Å². The first-order valence-electron chi connectivity index (χ1n) is 15.5. The Morgan fingerprint density at radius 1 is 0.714 bits per heavy atom. The third-order valence-electron chi connectivity index (χ3n) is 8.35. The smallest absolute Gasteiger partial charge is 0.240 e. The maximum absolute atomic E-state index is 14.3. The van der Waals surface area contributed by atoms with Gasteiger partial charge in [-0.05, 0) is 85.1 Å². The highest BCUT2D eigenvalue weighted by atomic mass is 19.1. The van der Waals surface area contributed by atoms with E-state index in [0.717, 1.165) is 37.1 Å². The van der Waals surface area contributed by atoms with E-state index in [1.165, 1.54) is 29.8 Å². The fraction of sp³-hybridized carbons (Fsp3) is 0.472. The first-order chi connectivity index (χ1) is 20.2. The Hall–Kier alpha value is -3.09. The van der Waals surface area contributed by atoms with Gasteiger partial charge in [-0.15, -0.1) is 0 Å². The maximum Gasteiger partial charge on any atom is 0.240 e. The van der Waals surface area contributed by atoms with Crippen LogP contribution in [0.4, 0.5) is 8.78 Å². The Balaban J connectivity index is 1.54. The Kier molecular flexibility index (Phi) is 11.7. The fourth-order valence-electron chi connectivity index (χ4n) is 5.80. The van der Waals surface area contributed by atoms with E-state index < -0.39 is 0 Å². The quantitative estimate of drug-likeness (QED) is 0.216. The van der Waals surface area contributed by atoms with Crippen molar-refractivity contribution in [3.63, 3.8) is 0 Å². The zero-order valence-corrected chi connectivity index (χ0v) is 25.7. The first-order valence-corrected chi connectivity index (χ1v) is 15.5. The summed E-state index contributed by atoms with van der Waals surface area (Å²) in [6, 6.07) is 23.1. The number of carbonyl (C=O) groups is 1. The van der Waals surface area contributed by atoms with Crippen LogP contribution in [0.2, 0.25) is 0 Å². The van der Waals surface area contributed by atoms with Crippen molar-refractivity contribution in [3.8, 4) is 0 Å². The summed E-state index contributed by atoms with van der Waals surface area (Å²) in [5.41, 5.74) is 3.10. The van der Waals surface area contributed by atoms with Crippen LogP contribution in [0.1, 0.15) is 63.3 Å². The van der Waals surface area contributed by atoms with Gasteiger partial charge in [-0.25, -0.2) is 8.78 Å². The van der Waals surface area contributed by atoms with Crippen molar-refractivity contribution in [1.29, 1.82) is 0 Å². The number of piperazine rings is 1. The molecular formula is C36H47F2N3O. The summed E-state index contributed by atoms with van der Waals surface area (Å²) >= 11 is 0. The molecule has 0 aromatic heterocycles. The van der Waals surface area contributed by atoms with E-state index >= 15 is 0 Å².